The molecule has 26 nitrogen and oxygen atoms in total. The number of ether oxygens (including phenoxy) is 3. The molecule has 0 saturated carbocycles. The van der Waals surface area contributed by atoms with Crippen LogP contribution in [0.15, 0.2) is 71.5 Å². The number of nitrogens with one attached hydrogen (secondary N) is 4. The van der Waals surface area contributed by atoms with Gasteiger partial charge in [-0.05, 0) is 196 Å². The monoisotopic (exact) mass is 1370 g/mol. The minimum Gasteiger partial charge on any atom is -0.508 e. The Hall–Kier alpha value is -8.91. The van der Waals surface area contributed by atoms with Crippen molar-refractivity contribution in [1.82, 2.24) is 45.2 Å². The summed E-state index contributed by atoms with van der Waals surface area (Å²) in [5.41, 5.74) is 3.69. The van der Waals surface area contributed by atoms with Gasteiger partial charge in [0.15, 0.2) is 12.2 Å². The zero-order valence-electron chi connectivity index (χ0n) is 58.9. The van der Waals surface area contributed by atoms with E-state index in [4.69, 9.17) is 28.6 Å². The SMILES string of the molecule is CC(=O)N1CCC(Nc2cc(C(=O)NC[C@@H](O)[C@@H]3Cc4ccc(O)cc4CN3C(=O)OC(C)(C)C)cc(N3CCCCC3)n2)CC1.CC(=O)N1CCC(Nc2cc(C(=O)NC[C@@H](O)[C@@H]3Cc4ccc(OCc5ocnc5C)cc4CN3C(=O)OC(C)(C)C)cc(N3CCCCC3)n2)CC1. The number of carbonyl (C=O) groups excluding carboxylic acids is 6. The van der Waals surface area contributed by atoms with Crippen molar-refractivity contribution in [1.29, 1.82) is 0 Å². The smallest absolute Gasteiger partial charge is 0.410 e. The zero-order valence-corrected chi connectivity index (χ0v) is 58.9. The minimum atomic E-state index is -1.09. The fourth-order valence-corrected chi connectivity index (χ4v) is 13.6. The number of aliphatic hydroxyl groups is 2. The standard InChI is InChI=1S/C39H53N7O7.C34H48N6O6/c1-25-34(52-24-41-25)23-51-31-10-9-27-18-32(46(22-29(27)17-31)38(50)53-39(3,4)5)33(48)21-40-37(49)28-19-35(42-30-11-15-44(16-12-30)26(2)47)43-36(20-28)45-13-7-6-8-14-45;1-22(41)38-14-10-26(11-15-38)36-30-18-24(19-31(37-30)39-12-6-5-7-13-39)32(44)35-20-29(43)28-17-23-8-9-27(42)16-25(23)21-40(28)33(45)46-34(2,3)4/h9-10,17,19-20,24,30,32-33,48H,6-8,11-16,18,21-23H2,1-5H3,(H,40,49)(H,42,43);8-9,16,18-19,26,28-29,42-43H,5-7,10-15,17,20-21H2,1-4H3,(H,35,44)(H,36,37)/t32-,33+;28-,29+/m00/s1. The van der Waals surface area contributed by atoms with Crippen molar-refractivity contribution in [3.8, 4) is 11.5 Å². The number of aryl methyl sites for hydroxylation is 1. The number of hydrogen-bond acceptors (Lipinski definition) is 20. The summed E-state index contributed by atoms with van der Waals surface area (Å²) in [6.07, 6.45) is 8.56. The molecule has 0 unspecified atom stereocenters. The minimum absolute atomic E-state index is 0.0791. The number of pyridine rings is 2. The first kappa shape index (κ1) is 72.8. The fourth-order valence-electron chi connectivity index (χ4n) is 13.6. The van der Waals surface area contributed by atoms with Crippen LogP contribution in [0.2, 0.25) is 0 Å². The van der Waals surface area contributed by atoms with Crippen molar-refractivity contribution < 1.29 is 62.7 Å². The Labute approximate surface area is 580 Å². The number of hydrogen-bond donors (Lipinski definition) is 7. The van der Waals surface area contributed by atoms with E-state index < -0.39 is 47.7 Å². The van der Waals surface area contributed by atoms with Crippen LogP contribution < -0.4 is 35.8 Å². The van der Waals surface area contributed by atoms with Crippen molar-refractivity contribution in [2.45, 2.75) is 207 Å². The number of likely N-dealkylation sites (tertiary alicyclic amines) is 2. The molecule has 5 aromatic rings. The molecule has 0 radical (unpaired) electrons. The first-order valence-electron chi connectivity index (χ1n) is 35.1. The quantitative estimate of drug-likeness (QED) is 0.0459. The van der Waals surface area contributed by atoms with Crippen LogP contribution in [0.25, 0.3) is 0 Å². The molecule has 4 saturated heterocycles. The Morgan fingerprint density at radius 3 is 1.42 bits per heavy atom. The molecule has 4 fully saturated rings. The van der Waals surface area contributed by atoms with Crippen molar-refractivity contribution >= 4 is 59.1 Å². The van der Waals surface area contributed by atoms with Crippen molar-refractivity contribution in [2.75, 3.05) is 85.9 Å². The molecule has 536 valence electrons. The predicted octanol–water partition coefficient (Wildman–Crippen LogP) is 8.48. The molecule has 6 amide bonds. The number of amides is 6. The highest BCUT2D eigenvalue weighted by Crippen LogP contribution is 2.34. The first-order chi connectivity index (χ1) is 47.2. The average Bonchev–Trinajstić information content (AvgIpc) is 0.847. The number of anilines is 4. The number of oxazole rings is 1. The summed E-state index contributed by atoms with van der Waals surface area (Å²) in [4.78, 5) is 103. The van der Waals surface area contributed by atoms with E-state index in [1.807, 2.05) is 41.0 Å². The average molecular weight is 1370 g/mol. The molecule has 6 aliphatic rings. The summed E-state index contributed by atoms with van der Waals surface area (Å²) in [7, 11) is 0. The number of rotatable bonds is 17. The van der Waals surface area contributed by atoms with E-state index in [2.05, 4.69) is 36.1 Å². The van der Waals surface area contributed by atoms with Crippen molar-refractivity contribution in [2.24, 2.45) is 0 Å². The number of aromatic hydroxyl groups is 1. The number of phenolic OH excluding ortho intramolecular Hbond substituents is 1. The third kappa shape index (κ3) is 19.9. The zero-order chi connectivity index (χ0) is 70.7. The van der Waals surface area contributed by atoms with Gasteiger partial charge in [0.05, 0.1) is 30.0 Å². The van der Waals surface area contributed by atoms with Crippen molar-refractivity contribution in [3.05, 3.63) is 112 Å². The fraction of sp³-hybridized carbons (Fsp3) is 0.575. The summed E-state index contributed by atoms with van der Waals surface area (Å²) < 4.78 is 22.8. The highest BCUT2D eigenvalue weighted by atomic mass is 16.6. The largest absolute Gasteiger partial charge is 0.508 e. The molecule has 6 aliphatic heterocycles. The van der Waals surface area contributed by atoms with Crippen LogP contribution in [0.1, 0.15) is 174 Å². The Balaban J connectivity index is 0.000000216. The molecule has 99 heavy (non-hydrogen) atoms. The molecular weight excluding hydrogens is 1270 g/mol. The third-order valence-corrected chi connectivity index (χ3v) is 19.1. The number of fused-ring (bicyclic) bond motifs is 2. The number of benzene rings is 2. The normalized spacial score (nSPS) is 19.1. The van der Waals surface area contributed by atoms with Crippen LogP contribution in [0.4, 0.5) is 32.9 Å². The summed E-state index contributed by atoms with van der Waals surface area (Å²) in [6.45, 7) is 22.4. The van der Waals surface area contributed by atoms with E-state index in [-0.39, 0.29) is 74.2 Å². The second-order valence-electron chi connectivity index (χ2n) is 29.0. The van der Waals surface area contributed by atoms with Gasteiger partial charge >= 0.3 is 12.2 Å². The van der Waals surface area contributed by atoms with E-state index in [9.17, 15) is 44.1 Å². The third-order valence-electron chi connectivity index (χ3n) is 19.1. The lowest BCUT2D eigenvalue weighted by Gasteiger charge is -2.40. The van der Waals surface area contributed by atoms with Gasteiger partial charge in [-0.2, -0.15) is 0 Å². The molecule has 2 aromatic carbocycles. The lowest BCUT2D eigenvalue weighted by molar-refractivity contribution is -0.130. The molecule has 4 atom stereocenters. The number of nitrogens with zero attached hydrogens (tertiary/aromatic N) is 9. The first-order valence-corrected chi connectivity index (χ1v) is 35.1. The molecule has 26 heteroatoms. The molecular formula is C73H101N13O13. The molecule has 0 spiro atoms. The van der Waals surface area contributed by atoms with Gasteiger partial charge in [0.1, 0.15) is 52.6 Å². The Morgan fingerprint density at radius 1 is 0.576 bits per heavy atom. The molecule has 0 bridgehead atoms. The highest BCUT2D eigenvalue weighted by Gasteiger charge is 2.40. The topological polar surface area (TPSA) is 310 Å². The number of carbonyl (C=O) groups is 6. The van der Waals surface area contributed by atoms with Gasteiger partial charge in [0.2, 0.25) is 11.8 Å². The number of aromatic nitrogens is 3. The van der Waals surface area contributed by atoms with E-state index in [0.29, 0.717) is 73.3 Å². The Bertz CT molecular complexity index is 3640. The van der Waals surface area contributed by atoms with E-state index in [1.54, 1.807) is 91.8 Å². The molecule has 9 heterocycles. The van der Waals surface area contributed by atoms with Gasteiger partial charge in [-0.25, -0.2) is 24.5 Å². The van der Waals surface area contributed by atoms with Crippen LogP contribution in [-0.4, -0.2) is 199 Å². The summed E-state index contributed by atoms with van der Waals surface area (Å²) >= 11 is 0. The molecule has 11 rings (SSSR count). The van der Waals surface area contributed by atoms with Crippen molar-refractivity contribution in [3.63, 3.8) is 0 Å². The van der Waals surface area contributed by atoms with Gasteiger partial charge in [-0.1, -0.05) is 12.1 Å². The van der Waals surface area contributed by atoms with E-state index in [1.165, 1.54) is 29.0 Å². The summed E-state index contributed by atoms with van der Waals surface area (Å²) in [5.74, 6) is 3.51. The van der Waals surface area contributed by atoms with Gasteiger partial charge < -0.3 is 74.8 Å². The van der Waals surface area contributed by atoms with Gasteiger partial charge in [-0.3, -0.25) is 29.0 Å². The predicted molar refractivity (Wildman–Crippen MR) is 374 cm³/mol. The summed E-state index contributed by atoms with van der Waals surface area (Å²) in [6, 6.07) is 16.8. The van der Waals surface area contributed by atoms with E-state index in [0.717, 1.165) is 117 Å². The molecule has 0 aliphatic carbocycles. The second-order valence-corrected chi connectivity index (χ2v) is 29.0. The van der Waals surface area contributed by atoms with E-state index >= 15 is 0 Å². The lowest BCUT2D eigenvalue weighted by Crippen LogP contribution is -2.54. The maximum atomic E-state index is 13.8. The second kappa shape index (κ2) is 32.4. The molecule has 3 aromatic heterocycles. The number of aliphatic hydroxyl groups excluding tert-OH is 2. The van der Waals surface area contributed by atoms with Crippen LogP contribution in [0.3, 0.4) is 0 Å². The van der Waals surface area contributed by atoms with Crippen LogP contribution in [0, 0.1) is 6.92 Å². The van der Waals surface area contributed by atoms with Crippen LogP contribution >= 0.6 is 0 Å². The van der Waals surface area contributed by atoms with Gasteiger partial charge in [0, 0.05) is 116 Å². The number of phenols is 1. The maximum Gasteiger partial charge on any atom is 0.410 e. The Morgan fingerprint density at radius 2 is 1.01 bits per heavy atom. The van der Waals surface area contributed by atoms with Gasteiger partial charge in [0.25, 0.3) is 11.8 Å². The van der Waals surface area contributed by atoms with Gasteiger partial charge in [-0.15, -0.1) is 0 Å². The lowest BCUT2D eigenvalue weighted by atomic mass is 9.91. The van der Waals surface area contributed by atoms with Crippen LogP contribution in [0.5, 0.6) is 11.5 Å². The Kier molecular flexibility index (Phi) is 23.8. The highest BCUT2D eigenvalue weighted by molar-refractivity contribution is 5.96. The summed E-state index contributed by atoms with van der Waals surface area (Å²) in [5, 5.41) is 45.8. The molecule has 7 N–H and O–H groups in total. The number of piperidine rings is 4. The van der Waals surface area contributed by atoms with Crippen LogP contribution in [-0.2, 0) is 51.6 Å². The maximum absolute atomic E-state index is 13.8.